The smallest absolute Gasteiger partial charge is 0.244 e. The number of alkyl halides is 1. The molecule has 2 heterocycles. The lowest BCUT2D eigenvalue weighted by atomic mass is 10.2. The number of piperazine rings is 1. The fourth-order valence-corrected chi connectivity index (χ4v) is 4.84. The van der Waals surface area contributed by atoms with Gasteiger partial charge in [0.15, 0.2) is 0 Å². The average Bonchev–Trinajstić information content (AvgIpc) is 2.81. The quantitative estimate of drug-likeness (QED) is 0.800. The van der Waals surface area contributed by atoms with Crippen LogP contribution in [-0.4, -0.2) is 50.3 Å². The van der Waals surface area contributed by atoms with Gasteiger partial charge in [-0.25, -0.2) is 8.42 Å². The van der Waals surface area contributed by atoms with Gasteiger partial charge in [0.25, 0.3) is 0 Å². The first-order chi connectivity index (χ1) is 8.45. The Labute approximate surface area is 117 Å². The van der Waals surface area contributed by atoms with Crippen molar-refractivity contribution in [3.63, 3.8) is 0 Å². The number of likely N-dealkylation sites (N-methyl/N-ethyl adjacent to an activating group) is 1. The van der Waals surface area contributed by atoms with Crippen molar-refractivity contribution in [3.05, 3.63) is 16.3 Å². The molecule has 0 aliphatic carbocycles. The number of sulfonamides is 1. The number of nitrogens with zero attached hydrogens (tertiary/aromatic N) is 2. The zero-order chi connectivity index (χ0) is 13.3. The standard InChI is InChI=1S/C11H17ClN2O2S2/c1-9-7-14(4-3-13(9)2)18(15,16)11-5-10(6-12)17-8-11/h5,8-9H,3-4,6-7H2,1-2H3. The molecule has 1 aromatic heterocycles. The van der Waals surface area contributed by atoms with Crippen molar-refractivity contribution in [1.29, 1.82) is 0 Å². The Morgan fingerprint density at radius 3 is 2.78 bits per heavy atom. The lowest BCUT2D eigenvalue weighted by molar-refractivity contribution is 0.159. The lowest BCUT2D eigenvalue weighted by Gasteiger charge is -2.36. The first-order valence-electron chi connectivity index (χ1n) is 5.79. The van der Waals surface area contributed by atoms with Crippen molar-refractivity contribution in [2.75, 3.05) is 26.7 Å². The van der Waals surface area contributed by atoms with E-state index >= 15 is 0 Å². The van der Waals surface area contributed by atoms with E-state index in [0.717, 1.165) is 11.4 Å². The predicted octanol–water partition coefficient (Wildman–Crippen LogP) is 1.81. The predicted molar refractivity (Wildman–Crippen MR) is 74.7 cm³/mol. The van der Waals surface area contributed by atoms with Crippen LogP contribution >= 0.6 is 22.9 Å². The van der Waals surface area contributed by atoms with E-state index in [0.29, 0.717) is 23.9 Å². The minimum Gasteiger partial charge on any atom is -0.301 e. The second-order valence-electron chi connectivity index (χ2n) is 4.58. The summed E-state index contributed by atoms with van der Waals surface area (Å²) in [6, 6.07) is 1.93. The van der Waals surface area contributed by atoms with Crippen LogP contribution in [-0.2, 0) is 15.9 Å². The first-order valence-corrected chi connectivity index (χ1v) is 8.64. The number of hydrogen-bond acceptors (Lipinski definition) is 4. The van der Waals surface area contributed by atoms with Crippen molar-refractivity contribution in [2.45, 2.75) is 23.7 Å². The highest BCUT2D eigenvalue weighted by Crippen LogP contribution is 2.25. The molecular weight excluding hydrogens is 292 g/mol. The fourth-order valence-electron chi connectivity index (χ4n) is 1.95. The summed E-state index contributed by atoms with van der Waals surface area (Å²) < 4.78 is 26.4. The Bertz CT molecular complexity index is 515. The highest BCUT2D eigenvalue weighted by Gasteiger charge is 2.31. The summed E-state index contributed by atoms with van der Waals surface area (Å²) in [5, 5.41) is 1.68. The number of halogens is 1. The van der Waals surface area contributed by atoms with E-state index < -0.39 is 10.0 Å². The van der Waals surface area contributed by atoms with Crippen molar-refractivity contribution < 1.29 is 8.42 Å². The highest BCUT2D eigenvalue weighted by atomic mass is 35.5. The Balaban J connectivity index is 2.21. The zero-order valence-electron chi connectivity index (χ0n) is 10.5. The third kappa shape index (κ3) is 2.72. The van der Waals surface area contributed by atoms with Crippen molar-refractivity contribution in [1.82, 2.24) is 9.21 Å². The largest absolute Gasteiger partial charge is 0.301 e. The van der Waals surface area contributed by atoms with Crippen LogP contribution in [0.3, 0.4) is 0 Å². The zero-order valence-corrected chi connectivity index (χ0v) is 12.9. The Morgan fingerprint density at radius 2 is 2.22 bits per heavy atom. The van der Waals surface area contributed by atoms with Gasteiger partial charge in [-0.1, -0.05) is 0 Å². The molecule has 102 valence electrons. The molecule has 1 aromatic rings. The number of thiophene rings is 1. The van der Waals surface area contributed by atoms with E-state index in [1.807, 2.05) is 14.0 Å². The van der Waals surface area contributed by atoms with Gasteiger partial charge in [0.2, 0.25) is 10.0 Å². The molecule has 1 aliphatic rings. The van der Waals surface area contributed by atoms with E-state index in [9.17, 15) is 8.42 Å². The average molecular weight is 309 g/mol. The van der Waals surface area contributed by atoms with E-state index in [1.54, 1.807) is 15.8 Å². The maximum atomic E-state index is 12.4. The van der Waals surface area contributed by atoms with Gasteiger partial charge in [-0.05, 0) is 20.0 Å². The molecular formula is C11H17ClN2O2S2. The molecule has 0 spiro atoms. The van der Waals surface area contributed by atoms with Crippen LogP contribution in [0.2, 0.25) is 0 Å². The van der Waals surface area contributed by atoms with Crippen LogP contribution in [0, 0.1) is 0 Å². The summed E-state index contributed by atoms with van der Waals surface area (Å²) in [5.74, 6) is 0.360. The molecule has 1 aliphatic heterocycles. The third-order valence-electron chi connectivity index (χ3n) is 3.32. The molecule has 1 atom stereocenters. The molecule has 1 saturated heterocycles. The molecule has 18 heavy (non-hydrogen) atoms. The van der Waals surface area contributed by atoms with Crippen LogP contribution in [0.25, 0.3) is 0 Å². The SMILES string of the molecule is CC1CN(S(=O)(=O)c2csc(CCl)c2)CCN1C. The number of rotatable bonds is 3. The fraction of sp³-hybridized carbons (Fsp3) is 0.636. The van der Waals surface area contributed by atoms with E-state index in [1.165, 1.54) is 11.3 Å². The first kappa shape index (κ1) is 14.3. The van der Waals surface area contributed by atoms with Crippen LogP contribution in [0.4, 0.5) is 0 Å². The van der Waals surface area contributed by atoms with Gasteiger partial charge < -0.3 is 4.90 Å². The van der Waals surface area contributed by atoms with E-state index in [2.05, 4.69) is 4.90 Å². The Kier molecular flexibility index (Phi) is 4.33. The summed E-state index contributed by atoms with van der Waals surface area (Å²) in [7, 11) is -1.33. The molecule has 0 N–H and O–H groups in total. The van der Waals surface area contributed by atoms with Gasteiger partial charge in [-0.2, -0.15) is 4.31 Å². The molecule has 4 nitrogen and oxygen atoms in total. The minimum absolute atomic E-state index is 0.250. The second-order valence-corrected chi connectivity index (χ2v) is 7.78. The second kappa shape index (κ2) is 5.46. The molecule has 1 unspecified atom stereocenters. The van der Waals surface area contributed by atoms with Crippen molar-refractivity contribution >= 4 is 33.0 Å². The molecule has 2 rings (SSSR count). The number of hydrogen-bond donors (Lipinski definition) is 0. The van der Waals surface area contributed by atoms with Crippen LogP contribution < -0.4 is 0 Å². The van der Waals surface area contributed by atoms with Gasteiger partial charge >= 0.3 is 0 Å². The molecule has 0 bridgehead atoms. The van der Waals surface area contributed by atoms with E-state index in [-0.39, 0.29) is 6.04 Å². The maximum Gasteiger partial charge on any atom is 0.244 e. The molecule has 0 aromatic carbocycles. The van der Waals surface area contributed by atoms with Gasteiger partial charge in [-0.3, -0.25) is 0 Å². The summed E-state index contributed by atoms with van der Waals surface area (Å²) in [6.45, 7) is 3.91. The topological polar surface area (TPSA) is 40.6 Å². The lowest BCUT2D eigenvalue weighted by Crippen LogP contribution is -2.51. The molecule has 0 saturated carbocycles. The summed E-state index contributed by atoms with van der Waals surface area (Å²) >= 11 is 7.11. The van der Waals surface area contributed by atoms with Gasteiger partial charge in [-0.15, -0.1) is 22.9 Å². The maximum absolute atomic E-state index is 12.4. The molecule has 7 heteroatoms. The van der Waals surface area contributed by atoms with Crippen molar-refractivity contribution in [2.24, 2.45) is 0 Å². The van der Waals surface area contributed by atoms with Crippen molar-refractivity contribution in [3.8, 4) is 0 Å². The van der Waals surface area contributed by atoms with E-state index in [4.69, 9.17) is 11.6 Å². The highest BCUT2D eigenvalue weighted by molar-refractivity contribution is 7.89. The van der Waals surface area contributed by atoms with Gasteiger partial charge in [0.1, 0.15) is 0 Å². The van der Waals surface area contributed by atoms with Crippen LogP contribution in [0.15, 0.2) is 16.3 Å². The van der Waals surface area contributed by atoms with Gasteiger partial charge in [0.05, 0.1) is 10.8 Å². The molecule has 0 radical (unpaired) electrons. The Hall–Kier alpha value is -0.140. The Morgan fingerprint density at radius 1 is 1.50 bits per heavy atom. The molecule has 1 fully saturated rings. The molecule has 0 amide bonds. The summed E-state index contributed by atoms with van der Waals surface area (Å²) in [6.07, 6.45) is 0. The monoisotopic (exact) mass is 308 g/mol. The van der Waals surface area contributed by atoms with Crippen LogP contribution in [0.1, 0.15) is 11.8 Å². The third-order valence-corrected chi connectivity index (χ3v) is 6.70. The van der Waals surface area contributed by atoms with Gasteiger partial charge in [0, 0.05) is 35.9 Å². The normalized spacial score (nSPS) is 23.4. The summed E-state index contributed by atoms with van der Waals surface area (Å²) in [5.41, 5.74) is 0. The van der Waals surface area contributed by atoms with Crippen LogP contribution in [0.5, 0.6) is 0 Å². The minimum atomic E-state index is -3.35. The summed E-state index contributed by atoms with van der Waals surface area (Å²) in [4.78, 5) is 3.43.